The summed E-state index contributed by atoms with van der Waals surface area (Å²) in [5.74, 6) is -1.59. The maximum absolute atomic E-state index is 15.3. The third kappa shape index (κ3) is 5.58. The number of likely N-dealkylation sites (tertiary alicyclic amines) is 1. The van der Waals surface area contributed by atoms with Crippen molar-refractivity contribution < 1.29 is 26.8 Å². The molecule has 10 nitrogen and oxygen atoms in total. The van der Waals surface area contributed by atoms with Crippen LogP contribution < -0.4 is 10.5 Å². The Balaban J connectivity index is 1.33. The van der Waals surface area contributed by atoms with Crippen LogP contribution in [-0.4, -0.2) is 47.7 Å². The lowest BCUT2D eigenvalue weighted by Gasteiger charge is -2.35. The molecule has 3 heterocycles. The second kappa shape index (κ2) is 9.67. The van der Waals surface area contributed by atoms with Crippen LogP contribution in [0.2, 0.25) is 0 Å². The second-order valence-electron chi connectivity index (χ2n) is 11.3. The van der Waals surface area contributed by atoms with E-state index in [1.165, 1.54) is 16.8 Å². The van der Waals surface area contributed by atoms with Gasteiger partial charge < -0.3 is 14.1 Å². The number of benzene rings is 1. The number of thiazole rings is 1. The molecule has 0 spiro atoms. The van der Waals surface area contributed by atoms with Gasteiger partial charge in [-0.2, -0.15) is 0 Å². The number of carbonyl (C=O) groups excluding carboxylic acids is 1. The van der Waals surface area contributed by atoms with Crippen LogP contribution in [0.1, 0.15) is 52.9 Å². The van der Waals surface area contributed by atoms with Crippen molar-refractivity contribution >= 4 is 43.7 Å². The fourth-order valence-corrected chi connectivity index (χ4v) is 7.02. The van der Waals surface area contributed by atoms with Crippen LogP contribution in [0.25, 0.3) is 11.1 Å². The first kappa shape index (κ1) is 26.7. The first-order chi connectivity index (χ1) is 17.9. The molecule has 1 saturated heterocycles. The number of nitrogens with one attached hydrogen (secondary N) is 1. The lowest BCUT2D eigenvalue weighted by atomic mass is 9.86. The maximum atomic E-state index is 15.3. The fraction of sp³-hybridized carbons (Fsp3) is 0.560. The van der Waals surface area contributed by atoms with Crippen LogP contribution in [0.4, 0.5) is 14.3 Å². The zero-order valence-electron chi connectivity index (χ0n) is 21.5. The first-order valence-corrected chi connectivity index (χ1v) is 14.9. The van der Waals surface area contributed by atoms with Crippen molar-refractivity contribution in [3.63, 3.8) is 0 Å². The van der Waals surface area contributed by atoms with Crippen molar-refractivity contribution in [2.45, 2.75) is 69.9 Å². The number of piperidine rings is 1. The zero-order valence-corrected chi connectivity index (χ0v) is 23.2. The molecule has 0 radical (unpaired) electrons. The molecule has 1 aliphatic heterocycles. The molecule has 13 heteroatoms. The van der Waals surface area contributed by atoms with Crippen LogP contribution in [0.3, 0.4) is 0 Å². The van der Waals surface area contributed by atoms with Crippen molar-refractivity contribution in [3.05, 3.63) is 40.1 Å². The van der Waals surface area contributed by atoms with Gasteiger partial charge in [0.1, 0.15) is 10.5 Å². The molecule has 1 aliphatic carbocycles. The molecular weight excluding hydrogens is 535 g/mol. The lowest BCUT2D eigenvalue weighted by molar-refractivity contribution is 0.0147. The van der Waals surface area contributed by atoms with Gasteiger partial charge in [0.15, 0.2) is 16.5 Å². The summed E-state index contributed by atoms with van der Waals surface area (Å²) >= 11 is 1.06. The van der Waals surface area contributed by atoms with Gasteiger partial charge >= 0.3 is 11.8 Å². The highest BCUT2D eigenvalue weighted by molar-refractivity contribution is 7.93. The van der Waals surface area contributed by atoms with Crippen LogP contribution in [0.15, 0.2) is 37.8 Å². The summed E-state index contributed by atoms with van der Waals surface area (Å²) in [5.41, 5.74) is -0.889. The van der Waals surface area contributed by atoms with Crippen molar-refractivity contribution in [2.24, 2.45) is 11.3 Å². The van der Waals surface area contributed by atoms with E-state index in [9.17, 15) is 18.0 Å². The van der Waals surface area contributed by atoms with E-state index in [-0.39, 0.29) is 33.7 Å². The Morgan fingerprint density at radius 2 is 2.11 bits per heavy atom. The van der Waals surface area contributed by atoms with E-state index in [2.05, 4.69) is 9.71 Å². The zero-order chi connectivity index (χ0) is 27.3. The number of ether oxygens (including phenoxy) is 1. The van der Waals surface area contributed by atoms with Crippen molar-refractivity contribution in [3.8, 4) is 0 Å². The first-order valence-electron chi connectivity index (χ1n) is 12.6. The molecule has 2 aliphatic rings. The lowest BCUT2D eigenvalue weighted by Crippen LogP contribution is -2.43. The Hall–Kier alpha value is -2.93. The molecule has 1 atom stereocenters. The number of halogens is 1. The highest BCUT2D eigenvalue weighted by atomic mass is 32.2. The molecule has 1 unspecified atom stereocenters. The SMILES string of the molecule is CC(C)(C)OC(=O)N1CCCC(CC2(Cn3c(=O)oc4c(F)c(S(=O)(=O)Nc5nccs5)ccc43)CC2)C1. The van der Waals surface area contributed by atoms with Crippen molar-refractivity contribution in [1.82, 2.24) is 14.5 Å². The van der Waals surface area contributed by atoms with Gasteiger partial charge in [-0.15, -0.1) is 11.3 Å². The number of nitrogens with zero attached hydrogens (tertiary/aromatic N) is 3. The van der Waals surface area contributed by atoms with Crippen molar-refractivity contribution in [2.75, 3.05) is 17.8 Å². The summed E-state index contributed by atoms with van der Waals surface area (Å²) in [7, 11) is -4.27. The highest BCUT2D eigenvalue weighted by Gasteiger charge is 2.46. The Morgan fingerprint density at radius 3 is 2.76 bits per heavy atom. The molecule has 1 aromatic carbocycles. The van der Waals surface area contributed by atoms with E-state index in [4.69, 9.17) is 9.15 Å². The molecule has 0 bridgehead atoms. The molecule has 3 aromatic rings. The second-order valence-corrected chi connectivity index (χ2v) is 13.8. The molecule has 1 N–H and O–H groups in total. The van der Waals surface area contributed by atoms with Gasteiger partial charge in [-0.25, -0.2) is 27.4 Å². The average molecular weight is 567 g/mol. The van der Waals surface area contributed by atoms with Gasteiger partial charge in [0.05, 0.1) is 5.52 Å². The quantitative estimate of drug-likeness (QED) is 0.435. The number of anilines is 1. The summed E-state index contributed by atoms with van der Waals surface area (Å²) in [6.45, 7) is 7.13. The highest BCUT2D eigenvalue weighted by Crippen LogP contribution is 2.53. The summed E-state index contributed by atoms with van der Waals surface area (Å²) in [4.78, 5) is 30.3. The van der Waals surface area contributed by atoms with Crippen LogP contribution >= 0.6 is 11.3 Å². The minimum absolute atomic E-state index is 0.104. The number of sulfonamides is 1. The topological polar surface area (TPSA) is 124 Å². The number of carbonyl (C=O) groups is 1. The average Bonchev–Trinajstić information content (AvgIpc) is 3.23. The van der Waals surface area contributed by atoms with Gasteiger partial charge in [0.2, 0.25) is 0 Å². The number of amides is 1. The number of oxazole rings is 1. The molecule has 1 saturated carbocycles. The summed E-state index contributed by atoms with van der Waals surface area (Å²) in [6, 6.07) is 2.54. The van der Waals surface area contributed by atoms with E-state index in [0.717, 1.165) is 49.5 Å². The predicted octanol–water partition coefficient (Wildman–Crippen LogP) is 4.81. The normalized spacial score (nSPS) is 19.5. The van der Waals surface area contributed by atoms with Gasteiger partial charge in [0, 0.05) is 31.2 Å². The van der Waals surface area contributed by atoms with Crippen molar-refractivity contribution in [1.29, 1.82) is 0 Å². The van der Waals surface area contributed by atoms with Crippen LogP contribution in [0.5, 0.6) is 0 Å². The standard InChI is InChI=1S/C25H31FN4O6S2/c1-24(2,3)36-22(31)29-11-4-5-16(14-29)13-25(8-9-25)15-30-17-6-7-18(19(26)20(17)35-23(30)32)38(33,34)28-21-27-10-12-37-21/h6-7,10,12,16H,4-5,8-9,11,13-15H2,1-3H3,(H,27,28). The van der Waals surface area contributed by atoms with Gasteiger partial charge in [-0.1, -0.05) is 0 Å². The molecule has 2 aromatic heterocycles. The Labute approximate surface area is 223 Å². The summed E-state index contributed by atoms with van der Waals surface area (Å²) < 4.78 is 55.1. The maximum Gasteiger partial charge on any atom is 0.420 e. The van der Waals surface area contributed by atoms with Gasteiger partial charge in [0.25, 0.3) is 10.0 Å². The Bertz CT molecular complexity index is 1500. The molecule has 2 fully saturated rings. The molecule has 206 valence electrons. The van der Waals surface area contributed by atoms with Gasteiger partial charge in [-0.3, -0.25) is 9.29 Å². The minimum atomic E-state index is -4.27. The Morgan fingerprint density at radius 1 is 1.34 bits per heavy atom. The fourth-order valence-electron chi connectivity index (χ4n) is 5.15. The number of fused-ring (bicyclic) bond motifs is 1. The van der Waals surface area contributed by atoms with Crippen LogP contribution in [-0.2, 0) is 21.3 Å². The minimum Gasteiger partial charge on any atom is -0.444 e. The van der Waals surface area contributed by atoms with E-state index < -0.39 is 32.1 Å². The third-order valence-electron chi connectivity index (χ3n) is 7.03. The summed E-state index contributed by atoms with van der Waals surface area (Å²) in [6.07, 6.45) is 5.60. The number of aromatic nitrogens is 2. The number of hydrogen-bond acceptors (Lipinski definition) is 8. The molecular formula is C25H31FN4O6S2. The third-order valence-corrected chi connectivity index (χ3v) is 9.20. The molecule has 1 amide bonds. The molecule has 5 rings (SSSR count). The van der Waals surface area contributed by atoms with E-state index in [0.29, 0.717) is 19.6 Å². The monoisotopic (exact) mass is 566 g/mol. The smallest absolute Gasteiger partial charge is 0.420 e. The predicted molar refractivity (Wildman–Crippen MR) is 140 cm³/mol. The number of hydrogen-bond donors (Lipinski definition) is 1. The van der Waals surface area contributed by atoms with E-state index in [1.807, 2.05) is 20.8 Å². The largest absolute Gasteiger partial charge is 0.444 e. The molecule has 38 heavy (non-hydrogen) atoms. The van der Waals surface area contributed by atoms with Gasteiger partial charge in [-0.05, 0) is 76.3 Å². The Kier molecular flexibility index (Phi) is 6.79. The summed E-state index contributed by atoms with van der Waals surface area (Å²) in [5, 5.41) is 1.69. The van der Waals surface area contributed by atoms with Crippen LogP contribution in [0, 0.1) is 17.2 Å². The number of rotatable bonds is 7. The van der Waals surface area contributed by atoms with E-state index in [1.54, 1.807) is 10.3 Å². The van der Waals surface area contributed by atoms with E-state index >= 15 is 4.39 Å².